The van der Waals surface area contributed by atoms with Crippen LogP contribution in [0.3, 0.4) is 0 Å². The molecule has 166 valence electrons. The van der Waals surface area contributed by atoms with Crippen LogP contribution in [0.4, 0.5) is 11.9 Å². The molecule has 3 aromatic rings. The number of nitrogen functional groups attached to an aromatic ring is 1. The van der Waals surface area contributed by atoms with Gasteiger partial charge in [-0.3, -0.25) is 4.90 Å². The lowest BCUT2D eigenvalue weighted by Crippen LogP contribution is -2.52. The number of hydrogen-bond donors (Lipinski definition) is 2. The number of nitrogens with zero attached hydrogens (tertiary/aromatic N) is 5. The molecule has 3 N–H and O–H groups in total. The van der Waals surface area contributed by atoms with Crippen molar-refractivity contribution in [3.8, 4) is 28.6 Å². The highest BCUT2D eigenvalue weighted by Gasteiger charge is 2.26. The summed E-state index contributed by atoms with van der Waals surface area (Å²) in [7, 11) is 0. The number of anilines is 2. The fraction of sp³-hybridized carbons (Fsp3) is 0.348. The van der Waals surface area contributed by atoms with Crippen molar-refractivity contribution < 1.29 is 14.6 Å². The fourth-order valence-corrected chi connectivity index (χ4v) is 4.13. The highest BCUT2D eigenvalue weighted by atomic mass is 16.6. The number of hydrogen-bond acceptors (Lipinski definition) is 9. The lowest BCUT2D eigenvalue weighted by molar-refractivity contribution is 0.168. The number of rotatable bonds is 4. The number of ether oxygens (including phenoxy) is 2. The molecule has 1 atom stereocenters. The SMILES string of the molecule is C[C@H]1CN(c2nc(N)nc(-c3cccc(O)c3)n2)CCN1Cc1ccc2c(c1)OCCO2. The van der Waals surface area contributed by atoms with E-state index in [9.17, 15) is 5.11 Å². The minimum Gasteiger partial charge on any atom is -0.508 e. The summed E-state index contributed by atoms with van der Waals surface area (Å²) in [6.45, 7) is 6.63. The molecule has 2 aromatic carbocycles. The molecule has 5 rings (SSSR count). The van der Waals surface area contributed by atoms with Crippen molar-refractivity contribution >= 4 is 11.9 Å². The van der Waals surface area contributed by atoms with Crippen molar-refractivity contribution in [2.45, 2.75) is 19.5 Å². The molecule has 0 bridgehead atoms. The third-order valence-electron chi connectivity index (χ3n) is 5.79. The Hall–Kier alpha value is -3.59. The van der Waals surface area contributed by atoms with Crippen LogP contribution in [0.15, 0.2) is 42.5 Å². The molecule has 2 aliphatic heterocycles. The van der Waals surface area contributed by atoms with E-state index in [2.05, 4.69) is 43.8 Å². The van der Waals surface area contributed by atoms with Crippen LogP contribution in [0.2, 0.25) is 0 Å². The van der Waals surface area contributed by atoms with Gasteiger partial charge in [-0.15, -0.1) is 0 Å². The topological polar surface area (TPSA) is 110 Å². The van der Waals surface area contributed by atoms with E-state index in [1.165, 1.54) is 5.56 Å². The van der Waals surface area contributed by atoms with Crippen LogP contribution in [-0.4, -0.2) is 63.8 Å². The molecular weight excluding hydrogens is 408 g/mol. The molecule has 2 aliphatic rings. The summed E-state index contributed by atoms with van der Waals surface area (Å²) in [5, 5.41) is 9.78. The summed E-state index contributed by atoms with van der Waals surface area (Å²) >= 11 is 0. The zero-order valence-electron chi connectivity index (χ0n) is 17.9. The lowest BCUT2D eigenvalue weighted by Gasteiger charge is -2.40. The standard InChI is InChI=1S/C23H26N6O3/c1-15-13-29(23-26-21(25-22(24)27-23)17-3-2-4-18(30)12-17)8-7-28(15)14-16-5-6-19-20(11-16)32-10-9-31-19/h2-6,11-12,15,30H,7-10,13-14H2,1H3,(H2,24,25,26,27)/t15-/m0/s1. The van der Waals surface area contributed by atoms with Gasteiger partial charge >= 0.3 is 0 Å². The average Bonchev–Trinajstić information content (AvgIpc) is 2.80. The molecule has 0 amide bonds. The van der Waals surface area contributed by atoms with Crippen molar-refractivity contribution in [2.24, 2.45) is 0 Å². The van der Waals surface area contributed by atoms with E-state index in [0.29, 0.717) is 36.6 Å². The van der Waals surface area contributed by atoms with Crippen LogP contribution in [-0.2, 0) is 6.54 Å². The van der Waals surface area contributed by atoms with Crippen LogP contribution in [0.25, 0.3) is 11.4 Å². The third kappa shape index (κ3) is 4.24. The number of benzene rings is 2. The van der Waals surface area contributed by atoms with Crippen molar-refractivity contribution in [1.82, 2.24) is 19.9 Å². The zero-order valence-corrected chi connectivity index (χ0v) is 17.9. The predicted molar refractivity (Wildman–Crippen MR) is 121 cm³/mol. The van der Waals surface area contributed by atoms with Crippen molar-refractivity contribution in [3.05, 3.63) is 48.0 Å². The number of nitrogens with two attached hydrogens (primary N) is 1. The maximum atomic E-state index is 9.78. The van der Waals surface area contributed by atoms with E-state index in [1.807, 2.05) is 12.1 Å². The van der Waals surface area contributed by atoms with Crippen molar-refractivity contribution in [3.63, 3.8) is 0 Å². The third-order valence-corrected chi connectivity index (χ3v) is 5.79. The molecule has 32 heavy (non-hydrogen) atoms. The van der Waals surface area contributed by atoms with Crippen LogP contribution >= 0.6 is 0 Å². The van der Waals surface area contributed by atoms with Gasteiger partial charge in [0, 0.05) is 37.8 Å². The Morgan fingerprint density at radius 1 is 1.03 bits per heavy atom. The van der Waals surface area contributed by atoms with Crippen molar-refractivity contribution in [1.29, 1.82) is 0 Å². The summed E-state index contributed by atoms with van der Waals surface area (Å²) in [4.78, 5) is 17.8. The monoisotopic (exact) mass is 434 g/mol. The van der Waals surface area contributed by atoms with Gasteiger partial charge in [-0.05, 0) is 36.8 Å². The molecule has 9 heteroatoms. The Balaban J connectivity index is 1.29. The second-order valence-corrected chi connectivity index (χ2v) is 8.11. The molecular formula is C23H26N6O3. The molecule has 0 unspecified atom stereocenters. The Kier molecular flexibility index (Phi) is 5.40. The van der Waals surface area contributed by atoms with E-state index < -0.39 is 0 Å². The van der Waals surface area contributed by atoms with Crippen LogP contribution < -0.4 is 20.1 Å². The molecule has 0 saturated carbocycles. The number of fused-ring (bicyclic) bond motifs is 1. The maximum absolute atomic E-state index is 9.78. The second-order valence-electron chi connectivity index (χ2n) is 8.11. The van der Waals surface area contributed by atoms with E-state index in [0.717, 1.165) is 37.7 Å². The quantitative estimate of drug-likeness (QED) is 0.639. The van der Waals surface area contributed by atoms with Gasteiger partial charge in [0.05, 0.1) is 0 Å². The minimum atomic E-state index is 0.157. The Morgan fingerprint density at radius 3 is 2.69 bits per heavy atom. The predicted octanol–water partition coefficient (Wildman–Crippen LogP) is 2.31. The smallest absolute Gasteiger partial charge is 0.230 e. The lowest BCUT2D eigenvalue weighted by atomic mass is 10.1. The Morgan fingerprint density at radius 2 is 1.88 bits per heavy atom. The molecule has 1 saturated heterocycles. The van der Waals surface area contributed by atoms with E-state index in [4.69, 9.17) is 15.2 Å². The Labute approximate surface area is 186 Å². The number of phenols is 1. The number of phenolic OH excluding ortho intramolecular Hbond substituents is 1. The van der Waals surface area contributed by atoms with Gasteiger partial charge in [-0.2, -0.15) is 15.0 Å². The zero-order chi connectivity index (χ0) is 22.1. The van der Waals surface area contributed by atoms with Gasteiger partial charge in [0.2, 0.25) is 11.9 Å². The fourth-order valence-electron chi connectivity index (χ4n) is 4.13. The first-order valence-electron chi connectivity index (χ1n) is 10.7. The van der Waals surface area contributed by atoms with E-state index >= 15 is 0 Å². The Bertz CT molecular complexity index is 1120. The van der Waals surface area contributed by atoms with Crippen LogP contribution in [0.5, 0.6) is 17.2 Å². The normalized spacial score (nSPS) is 18.5. The highest BCUT2D eigenvalue weighted by Crippen LogP contribution is 2.31. The van der Waals surface area contributed by atoms with E-state index in [-0.39, 0.29) is 11.7 Å². The molecule has 0 spiro atoms. The molecule has 1 aromatic heterocycles. The molecule has 3 heterocycles. The van der Waals surface area contributed by atoms with E-state index in [1.54, 1.807) is 18.2 Å². The average molecular weight is 435 g/mol. The summed E-state index contributed by atoms with van der Waals surface area (Å²) in [6.07, 6.45) is 0. The first-order chi connectivity index (χ1) is 15.5. The van der Waals surface area contributed by atoms with Gasteiger partial charge in [-0.1, -0.05) is 18.2 Å². The van der Waals surface area contributed by atoms with Crippen molar-refractivity contribution in [2.75, 3.05) is 43.5 Å². The summed E-state index contributed by atoms with van der Waals surface area (Å²) in [5.74, 6) is 2.97. The molecule has 9 nitrogen and oxygen atoms in total. The summed E-state index contributed by atoms with van der Waals surface area (Å²) in [5.41, 5.74) is 7.88. The number of aromatic nitrogens is 3. The van der Waals surface area contributed by atoms with Crippen LogP contribution in [0, 0.1) is 0 Å². The summed E-state index contributed by atoms with van der Waals surface area (Å²) in [6, 6.07) is 13.3. The highest BCUT2D eigenvalue weighted by molar-refractivity contribution is 5.60. The molecule has 0 aliphatic carbocycles. The van der Waals surface area contributed by atoms with Gasteiger partial charge in [-0.25, -0.2) is 0 Å². The maximum Gasteiger partial charge on any atom is 0.230 e. The number of piperazine rings is 1. The summed E-state index contributed by atoms with van der Waals surface area (Å²) < 4.78 is 11.3. The van der Waals surface area contributed by atoms with Gasteiger partial charge in [0.15, 0.2) is 17.3 Å². The minimum absolute atomic E-state index is 0.157. The largest absolute Gasteiger partial charge is 0.508 e. The van der Waals surface area contributed by atoms with Gasteiger partial charge in [0.25, 0.3) is 0 Å². The first-order valence-corrected chi connectivity index (χ1v) is 10.7. The number of aromatic hydroxyl groups is 1. The van der Waals surface area contributed by atoms with Crippen LogP contribution in [0.1, 0.15) is 12.5 Å². The first kappa shape index (κ1) is 20.3. The van der Waals surface area contributed by atoms with Gasteiger partial charge < -0.3 is 25.2 Å². The molecule has 0 radical (unpaired) electrons. The second kappa shape index (κ2) is 8.51. The van der Waals surface area contributed by atoms with Gasteiger partial charge in [0.1, 0.15) is 19.0 Å². The molecule has 1 fully saturated rings.